The number of amides is 2. The Morgan fingerprint density at radius 3 is 2.18 bits per heavy atom. The molecule has 0 aromatic heterocycles. The van der Waals surface area contributed by atoms with Gasteiger partial charge in [0, 0.05) is 24.4 Å². The zero-order valence-corrected chi connectivity index (χ0v) is 12.1. The van der Waals surface area contributed by atoms with Crippen molar-refractivity contribution in [3.8, 4) is 0 Å². The number of rotatable bonds is 5. The van der Waals surface area contributed by atoms with E-state index < -0.39 is 35.4 Å². The molecule has 2 amide bonds. The van der Waals surface area contributed by atoms with Crippen LogP contribution < -0.4 is 10.6 Å². The van der Waals surface area contributed by atoms with Gasteiger partial charge < -0.3 is 15.7 Å². The van der Waals surface area contributed by atoms with Gasteiger partial charge >= 0.3 is 11.8 Å². The second-order valence-electron chi connectivity index (χ2n) is 5.06. The number of anilines is 1. The minimum absolute atomic E-state index is 0.0101. The van der Waals surface area contributed by atoms with E-state index in [1.165, 1.54) is 0 Å². The lowest BCUT2D eigenvalue weighted by Crippen LogP contribution is -2.37. The predicted octanol–water partition coefficient (Wildman–Crippen LogP) is 1.57. The largest absolute Gasteiger partial charge is 0.393 e. The van der Waals surface area contributed by atoms with Crippen molar-refractivity contribution >= 4 is 17.5 Å². The second kappa shape index (κ2) is 7.79. The molecule has 0 aliphatic carbocycles. The highest BCUT2D eigenvalue weighted by Gasteiger charge is 2.17. The highest BCUT2D eigenvalue weighted by Crippen LogP contribution is 2.17. The number of aliphatic hydroxyl groups is 1. The van der Waals surface area contributed by atoms with Gasteiger partial charge in [-0.1, -0.05) is 13.8 Å². The third-order valence-corrected chi connectivity index (χ3v) is 2.94. The first-order valence-corrected chi connectivity index (χ1v) is 6.64. The van der Waals surface area contributed by atoms with Gasteiger partial charge in [-0.2, -0.15) is 0 Å². The summed E-state index contributed by atoms with van der Waals surface area (Å²) in [6.07, 6.45) is -0.361. The summed E-state index contributed by atoms with van der Waals surface area (Å²) in [5.74, 6) is -6.78. The Kier molecular flexibility index (Phi) is 6.36. The number of hydrogen-bond donors (Lipinski definition) is 3. The van der Waals surface area contributed by atoms with E-state index >= 15 is 0 Å². The van der Waals surface area contributed by atoms with Crippen molar-refractivity contribution in [2.75, 3.05) is 11.9 Å². The van der Waals surface area contributed by atoms with E-state index in [1.807, 2.05) is 5.32 Å². The van der Waals surface area contributed by atoms with Crippen molar-refractivity contribution < 1.29 is 27.9 Å². The molecule has 122 valence electrons. The van der Waals surface area contributed by atoms with E-state index in [0.29, 0.717) is 12.1 Å². The van der Waals surface area contributed by atoms with E-state index in [0.717, 1.165) is 0 Å². The Hall–Kier alpha value is -2.09. The summed E-state index contributed by atoms with van der Waals surface area (Å²) in [5, 5.41) is 13.7. The number of nitrogens with one attached hydrogen (secondary N) is 2. The first-order valence-electron chi connectivity index (χ1n) is 6.64. The molecule has 0 radical (unpaired) electrons. The molecule has 0 spiro atoms. The Balaban J connectivity index is 2.53. The predicted molar refractivity (Wildman–Crippen MR) is 73.4 cm³/mol. The molecule has 22 heavy (non-hydrogen) atoms. The van der Waals surface area contributed by atoms with E-state index in [2.05, 4.69) is 5.32 Å². The Bertz CT molecular complexity index is 541. The van der Waals surface area contributed by atoms with Crippen LogP contribution in [0.15, 0.2) is 12.1 Å². The highest BCUT2D eigenvalue weighted by atomic mass is 19.2. The maximum atomic E-state index is 13.0. The van der Waals surface area contributed by atoms with E-state index in [1.54, 1.807) is 13.8 Å². The minimum atomic E-state index is -1.66. The van der Waals surface area contributed by atoms with Crippen LogP contribution in [0.25, 0.3) is 0 Å². The molecule has 0 fully saturated rings. The molecule has 1 rings (SSSR count). The summed E-state index contributed by atoms with van der Waals surface area (Å²) in [6.45, 7) is 3.67. The van der Waals surface area contributed by atoms with Gasteiger partial charge in [-0.15, -0.1) is 0 Å². The SMILES string of the molecule is CC(C)C(O)CCNC(=O)C(=O)Nc1cc(F)c(F)c(F)c1. The normalized spacial score (nSPS) is 12.1. The zero-order valence-electron chi connectivity index (χ0n) is 12.1. The number of benzene rings is 1. The summed E-state index contributed by atoms with van der Waals surface area (Å²) in [6, 6.07) is 1.12. The summed E-state index contributed by atoms with van der Waals surface area (Å²) < 4.78 is 38.7. The molecule has 0 saturated heterocycles. The van der Waals surface area contributed by atoms with Gasteiger partial charge in [-0.05, 0) is 12.3 Å². The van der Waals surface area contributed by atoms with Gasteiger partial charge in [0.25, 0.3) is 0 Å². The first-order chi connectivity index (χ1) is 10.2. The molecule has 5 nitrogen and oxygen atoms in total. The van der Waals surface area contributed by atoms with Crippen LogP contribution in [0.1, 0.15) is 20.3 Å². The monoisotopic (exact) mass is 318 g/mol. The second-order valence-corrected chi connectivity index (χ2v) is 5.06. The summed E-state index contributed by atoms with van der Waals surface area (Å²) in [4.78, 5) is 23.0. The van der Waals surface area contributed by atoms with E-state index in [4.69, 9.17) is 0 Å². The van der Waals surface area contributed by atoms with Crippen molar-refractivity contribution in [2.45, 2.75) is 26.4 Å². The molecule has 0 heterocycles. The highest BCUT2D eigenvalue weighted by molar-refractivity contribution is 6.39. The van der Waals surface area contributed by atoms with Gasteiger partial charge in [0.05, 0.1) is 6.10 Å². The standard InChI is InChI=1S/C14H17F3N2O3/c1-7(2)11(20)3-4-18-13(21)14(22)19-8-5-9(15)12(17)10(16)6-8/h5-7,11,20H,3-4H2,1-2H3,(H,18,21)(H,19,22). The fraction of sp³-hybridized carbons (Fsp3) is 0.429. The number of aliphatic hydroxyl groups excluding tert-OH is 1. The number of halogens is 3. The van der Waals surface area contributed by atoms with Crippen molar-refractivity contribution in [1.29, 1.82) is 0 Å². The lowest BCUT2D eigenvalue weighted by atomic mass is 10.0. The topological polar surface area (TPSA) is 78.4 Å². The van der Waals surface area contributed by atoms with Crippen LogP contribution in [0.3, 0.4) is 0 Å². The third kappa shape index (κ3) is 5.03. The zero-order chi connectivity index (χ0) is 16.9. The third-order valence-electron chi connectivity index (χ3n) is 2.94. The number of hydrogen-bond acceptors (Lipinski definition) is 3. The van der Waals surface area contributed by atoms with Crippen LogP contribution in [-0.4, -0.2) is 29.6 Å². The van der Waals surface area contributed by atoms with Gasteiger partial charge in [-0.25, -0.2) is 13.2 Å². The van der Waals surface area contributed by atoms with Crippen LogP contribution in [0, 0.1) is 23.4 Å². The van der Waals surface area contributed by atoms with Crippen LogP contribution in [0.4, 0.5) is 18.9 Å². The van der Waals surface area contributed by atoms with E-state index in [-0.39, 0.29) is 24.6 Å². The molecule has 0 bridgehead atoms. The van der Waals surface area contributed by atoms with Crippen molar-refractivity contribution in [3.05, 3.63) is 29.6 Å². The molecule has 1 atom stereocenters. The molecule has 1 aromatic rings. The summed E-state index contributed by atoms with van der Waals surface area (Å²) in [5.41, 5.74) is -0.376. The first kappa shape index (κ1) is 18.0. The quantitative estimate of drug-likeness (QED) is 0.569. The molecule has 0 aliphatic rings. The van der Waals surface area contributed by atoms with Gasteiger partial charge in [-0.3, -0.25) is 9.59 Å². The molecule has 1 unspecified atom stereocenters. The maximum Gasteiger partial charge on any atom is 0.313 e. The molecule has 3 N–H and O–H groups in total. The Morgan fingerprint density at radius 1 is 1.14 bits per heavy atom. The van der Waals surface area contributed by atoms with Crippen LogP contribution >= 0.6 is 0 Å². The maximum absolute atomic E-state index is 13.0. The van der Waals surface area contributed by atoms with Crippen LogP contribution in [0.2, 0.25) is 0 Å². The Morgan fingerprint density at radius 2 is 1.68 bits per heavy atom. The molecule has 8 heteroatoms. The lowest BCUT2D eigenvalue weighted by molar-refractivity contribution is -0.136. The van der Waals surface area contributed by atoms with Crippen molar-refractivity contribution in [2.24, 2.45) is 5.92 Å². The van der Waals surface area contributed by atoms with Crippen LogP contribution in [0.5, 0.6) is 0 Å². The average Bonchev–Trinajstić information content (AvgIpc) is 2.44. The number of carbonyl (C=O) groups excluding carboxylic acids is 2. The molecule has 0 saturated carbocycles. The Labute approximate surface area is 125 Å². The lowest BCUT2D eigenvalue weighted by Gasteiger charge is -2.14. The van der Waals surface area contributed by atoms with Crippen molar-refractivity contribution in [3.63, 3.8) is 0 Å². The summed E-state index contributed by atoms with van der Waals surface area (Å²) in [7, 11) is 0. The minimum Gasteiger partial charge on any atom is -0.393 e. The molecular formula is C14H17F3N2O3. The smallest absolute Gasteiger partial charge is 0.313 e. The van der Waals surface area contributed by atoms with Gasteiger partial charge in [0.1, 0.15) is 0 Å². The average molecular weight is 318 g/mol. The summed E-state index contributed by atoms with van der Waals surface area (Å²) >= 11 is 0. The van der Waals surface area contributed by atoms with E-state index in [9.17, 15) is 27.9 Å². The number of carbonyl (C=O) groups is 2. The molecule has 1 aromatic carbocycles. The molecule has 0 aliphatic heterocycles. The van der Waals surface area contributed by atoms with Crippen LogP contribution in [-0.2, 0) is 9.59 Å². The fourth-order valence-electron chi connectivity index (χ4n) is 1.56. The fourth-order valence-corrected chi connectivity index (χ4v) is 1.56. The van der Waals surface area contributed by atoms with Crippen molar-refractivity contribution in [1.82, 2.24) is 5.32 Å². The molecular weight excluding hydrogens is 301 g/mol. The van der Waals surface area contributed by atoms with Gasteiger partial charge in [0.2, 0.25) is 0 Å². The van der Waals surface area contributed by atoms with Gasteiger partial charge in [0.15, 0.2) is 17.5 Å².